The largest absolute Gasteiger partial charge is 0.475 e. The van der Waals surface area contributed by atoms with Gasteiger partial charge in [-0.1, -0.05) is 6.07 Å². The van der Waals surface area contributed by atoms with Gasteiger partial charge in [-0.15, -0.1) is 0 Å². The first kappa shape index (κ1) is 14.4. The average Bonchev–Trinajstić information content (AvgIpc) is 2.35. The molecule has 0 radical (unpaired) electrons. The zero-order chi connectivity index (χ0) is 14.4. The summed E-state index contributed by atoms with van der Waals surface area (Å²) >= 11 is 0. The van der Waals surface area contributed by atoms with Gasteiger partial charge in [0.2, 0.25) is 5.75 Å². The van der Waals surface area contributed by atoms with Gasteiger partial charge in [0.25, 0.3) is 0 Å². The van der Waals surface area contributed by atoms with Gasteiger partial charge in [0.05, 0.1) is 16.5 Å². The molecule has 0 saturated carbocycles. The number of para-hydroxylation sites is 1. The summed E-state index contributed by atoms with van der Waals surface area (Å²) in [5.41, 5.74) is -1.50. The highest BCUT2D eigenvalue weighted by Gasteiger charge is 2.29. The molecule has 0 N–H and O–H groups in total. The van der Waals surface area contributed by atoms with Crippen molar-refractivity contribution >= 4 is 17.3 Å². The molecular formula is C10H10N2O7. The Morgan fingerprint density at radius 2 is 1.95 bits per heavy atom. The van der Waals surface area contributed by atoms with Crippen LogP contribution in [0.2, 0.25) is 0 Å². The minimum absolute atomic E-state index is 0.138. The maximum absolute atomic E-state index is 11.1. The van der Waals surface area contributed by atoms with E-state index in [1.54, 1.807) is 6.92 Å². The van der Waals surface area contributed by atoms with Crippen LogP contribution in [0.1, 0.15) is 6.92 Å². The normalized spacial score (nSPS) is 9.74. The van der Waals surface area contributed by atoms with E-state index in [0.29, 0.717) is 0 Å². The third kappa shape index (κ3) is 3.63. The number of carbonyl (C=O) groups is 1. The Morgan fingerprint density at radius 3 is 2.47 bits per heavy atom. The molecule has 1 aromatic rings. The molecule has 9 heteroatoms. The monoisotopic (exact) mass is 270 g/mol. The van der Waals surface area contributed by atoms with Gasteiger partial charge in [0, 0.05) is 6.07 Å². The third-order valence-corrected chi connectivity index (χ3v) is 2.01. The van der Waals surface area contributed by atoms with E-state index in [9.17, 15) is 25.0 Å². The fourth-order valence-corrected chi connectivity index (χ4v) is 1.30. The fraction of sp³-hybridized carbons (Fsp3) is 0.300. The van der Waals surface area contributed by atoms with Crippen LogP contribution in [-0.2, 0) is 9.53 Å². The highest BCUT2D eigenvalue weighted by molar-refractivity contribution is 5.71. The standard InChI is InChI=1S/C10H10N2O7/c1-2-18-9(13)6-19-8-5-3-4-7(11(14)15)10(8)12(16)17/h3-5H,2,6H2,1H3. The highest BCUT2D eigenvalue weighted by Crippen LogP contribution is 2.35. The summed E-state index contributed by atoms with van der Waals surface area (Å²) in [5, 5.41) is 21.5. The predicted molar refractivity (Wildman–Crippen MR) is 61.9 cm³/mol. The van der Waals surface area contributed by atoms with Crippen LogP contribution < -0.4 is 4.74 Å². The van der Waals surface area contributed by atoms with Crippen LogP contribution in [0.4, 0.5) is 11.4 Å². The van der Waals surface area contributed by atoms with Gasteiger partial charge in [-0.05, 0) is 13.0 Å². The Labute approximate surface area is 107 Å². The molecule has 0 fully saturated rings. The molecule has 1 aromatic carbocycles. The number of esters is 1. The Hall–Kier alpha value is -2.71. The zero-order valence-electron chi connectivity index (χ0n) is 9.90. The quantitative estimate of drug-likeness (QED) is 0.435. The van der Waals surface area contributed by atoms with Crippen LogP contribution in [0.25, 0.3) is 0 Å². The second-order valence-electron chi connectivity index (χ2n) is 3.23. The average molecular weight is 270 g/mol. The molecule has 0 heterocycles. The molecule has 0 saturated heterocycles. The lowest BCUT2D eigenvalue weighted by Gasteiger charge is -2.06. The second-order valence-corrected chi connectivity index (χ2v) is 3.23. The summed E-state index contributed by atoms with van der Waals surface area (Å²) in [4.78, 5) is 30.7. The number of benzene rings is 1. The SMILES string of the molecule is CCOC(=O)COc1cccc([N+](=O)[O-])c1[N+](=O)[O-]. The highest BCUT2D eigenvalue weighted by atomic mass is 16.6. The minimum Gasteiger partial charge on any atom is -0.475 e. The third-order valence-electron chi connectivity index (χ3n) is 2.01. The summed E-state index contributed by atoms with van der Waals surface area (Å²) < 4.78 is 9.46. The zero-order valence-corrected chi connectivity index (χ0v) is 9.90. The molecule has 0 bridgehead atoms. The number of hydrogen-bond donors (Lipinski definition) is 0. The van der Waals surface area contributed by atoms with Gasteiger partial charge >= 0.3 is 17.3 Å². The van der Waals surface area contributed by atoms with E-state index >= 15 is 0 Å². The number of ether oxygens (including phenoxy) is 2. The summed E-state index contributed by atoms with van der Waals surface area (Å²) in [5.74, 6) is -1.07. The maximum Gasteiger partial charge on any atom is 0.387 e. The molecule has 0 aliphatic carbocycles. The number of carbonyl (C=O) groups excluding carboxylic acids is 1. The van der Waals surface area contributed by atoms with Crippen molar-refractivity contribution in [2.75, 3.05) is 13.2 Å². The summed E-state index contributed by atoms with van der Waals surface area (Å²) in [7, 11) is 0. The molecule has 0 spiro atoms. The maximum atomic E-state index is 11.1. The number of nitro groups is 2. The molecule has 0 unspecified atom stereocenters. The predicted octanol–water partition coefficient (Wildman–Crippen LogP) is 1.44. The molecule has 1 rings (SSSR count). The first-order valence-electron chi connectivity index (χ1n) is 5.17. The Bertz CT molecular complexity index is 515. The van der Waals surface area contributed by atoms with Crippen molar-refractivity contribution in [3.63, 3.8) is 0 Å². The van der Waals surface area contributed by atoms with E-state index in [0.717, 1.165) is 6.07 Å². The Balaban J connectivity index is 3.00. The van der Waals surface area contributed by atoms with E-state index in [4.69, 9.17) is 4.74 Å². The molecule has 0 aliphatic rings. The van der Waals surface area contributed by atoms with Gasteiger partial charge < -0.3 is 9.47 Å². The van der Waals surface area contributed by atoms with Crippen LogP contribution >= 0.6 is 0 Å². The molecule has 0 aliphatic heterocycles. The molecule has 102 valence electrons. The molecule has 0 atom stereocenters. The summed E-state index contributed by atoms with van der Waals surface area (Å²) in [6.07, 6.45) is 0. The van der Waals surface area contributed by atoms with E-state index in [1.807, 2.05) is 0 Å². The van der Waals surface area contributed by atoms with E-state index < -0.39 is 33.8 Å². The summed E-state index contributed by atoms with van der Waals surface area (Å²) in [6, 6.07) is 3.38. The lowest BCUT2D eigenvalue weighted by Crippen LogP contribution is -2.15. The minimum atomic E-state index is -0.932. The summed E-state index contributed by atoms with van der Waals surface area (Å²) in [6.45, 7) is 1.17. The number of nitro benzene ring substituents is 2. The Morgan fingerprint density at radius 1 is 1.26 bits per heavy atom. The van der Waals surface area contributed by atoms with Crippen molar-refractivity contribution in [2.24, 2.45) is 0 Å². The number of rotatable bonds is 6. The van der Waals surface area contributed by atoms with Gasteiger partial charge in [-0.25, -0.2) is 4.79 Å². The van der Waals surface area contributed by atoms with Crippen LogP contribution in [-0.4, -0.2) is 29.0 Å². The van der Waals surface area contributed by atoms with E-state index in [1.165, 1.54) is 12.1 Å². The van der Waals surface area contributed by atoms with Crippen molar-refractivity contribution in [1.29, 1.82) is 0 Å². The van der Waals surface area contributed by atoms with E-state index in [-0.39, 0.29) is 12.4 Å². The lowest BCUT2D eigenvalue weighted by molar-refractivity contribution is -0.423. The lowest BCUT2D eigenvalue weighted by atomic mass is 10.2. The van der Waals surface area contributed by atoms with E-state index in [2.05, 4.69) is 4.74 Å². The molecule has 9 nitrogen and oxygen atoms in total. The van der Waals surface area contributed by atoms with Crippen LogP contribution in [0.3, 0.4) is 0 Å². The second kappa shape index (κ2) is 6.28. The molecule has 19 heavy (non-hydrogen) atoms. The van der Waals surface area contributed by atoms with Gasteiger partial charge in [-0.2, -0.15) is 0 Å². The van der Waals surface area contributed by atoms with Crippen molar-refractivity contribution in [3.8, 4) is 5.75 Å². The number of hydrogen-bond acceptors (Lipinski definition) is 7. The van der Waals surface area contributed by atoms with Gasteiger partial charge in [0.1, 0.15) is 0 Å². The first-order valence-corrected chi connectivity index (χ1v) is 5.17. The van der Waals surface area contributed by atoms with Crippen molar-refractivity contribution in [3.05, 3.63) is 38.4 Å². The van der Waals surface area contributed by atoms with Gasteiger partial charge in [0.15, 0.2) is 6.61 Å². The molecule has 0 amide bonds. The topological polar surface area (TPSA) is 122 Å². The van der Waals surface area contributed by atoms with Crippen LogP contribution in [0.15, 0.2) is 18.2 Å². The fourth-order valence-electron chi connectivity index (χ4n) is 1.30. The Kier molecular flexibility index (Phi) is 4.75. The van der Waals surface area contributed by atoms with Gasteiger partial charge in [-0.3, -0.25) is 20.2 Å². The van der Waals surface area contributed by atoms with Crippen molar-refractivity contribution in [2.45, 2.75) is 6.92 Å². The van der Waals surface area contributed by atoms with Crippen LogP contribution in [0, 0.1) is 20.2 Å². The van der Waals surface area contributed by atoms with Crippen molar-refractivity contribution in [1.82, 2.24) is 0 Å². The first-order chi connectivity index (χ1) is 8.97. The number of nitrogens with zero attached hydrogens (tertiary/aromatic N) is 2. The molecular weight excluding hydrogens is 260 g/mol. The van der Waals surface area contributed by atoms with Crippen LogP contribution in [0.5, 0.6) is 5.75 Å². The molecule has 0 aromatic heterocycles. The van der Waals surface area contributed by atoms with Crippen molar-refractivity contribution < 1.29 is 24.1 Å². The smallest absolute Gasteiger partial charge is 0.387 e.